The Morgan fingerprint density at radius 1 is 1.11 bits per heavy atom. The predicted molar refractivity (Wildman–Crippen MR) is 86.6 cm³/mol. The Balaban J connectivity index is 3.19. The first-order valence-corrected chi connectivity index (χ1v) is 7.73. The van der Waals surface area contributed by atoms with Gasteiger partial charge < -0.3 is 0 Å². The summed E-state index contributed by atoms with van der Waals surface area (Å²) in [6.45, 7) is 9.06. The number of aliphatic imine (C=N–C) groups is 1. The van der Waals surface area contributed by atoms with Crippen molar-refractivity contribution in [3.05, 3.63) is 34.4 Å². The van der Waals surface area contributed by atoms with E-state index in [2.05, 4.69) is 44.8 Å². The zero-order valence-corrected chi connectivity index (χ0v) is 13.3. The number of benzene rings is 1. The Morgan fingerprint density at radius 3 is 2.21 bits per heavy atom. The molecule has 0 N–H and O–H groups in total. The standard InChI is InChI=1S/C18H29N/c1-6-9-16(10-7-2)18-12-15(8-3)17(13-19-5)11-14(18)4/h11-13,16H,6-10H2,1-5H3. The van der Waals surface area contributed by atoms with E-state index in [4.69, 9.17) is 0 Å². The summed E-state index contributed by atoms with van der Waals surface area (Å²) in [5, 5.41) is 0. The van der Waals surface area contributed by atoms with Crippen molar-refractivity contribution in [1.82, 2.24) is 0 Å². The molecule has 0 atom stereocenters. The Labute approximate surface area is 119 Å². The molecule has 0 heterocycles. The zero-order chi connectivity index (χ0) is 14.3. The van der Waals surface area contributed by atoms with E-state index < -0.39 is 0 Å². The van der Waals surface area contributed by atoms with E-state index in [9.17, 15) is 0 Å². The Morgan fingerprint density at radius 2 is 1.74 bits per heavy atom. The van der Waals surface area contributed by atoms with Gasteiger partial charge in [0, 0.05) is 13.3 Å². The summed E-state index contributed by atoms with van der Waals surface area (Å²) in [6.07, 6.45) is 8.22. The fourth-order valence-electron chi connectivity index (χ4n) is 2.95. The number of rotatable bonds is 7. The molecule has 0 aliphatic rings. The average Bonchev–Trinajstić information content (AvgIpc) is 2.39. The van der Waals surface area contributed by atoms with Crippen molar-refractivity contribution in [2.75, 3.05) is 7.05 Å². The maximum Gasteiger partial charge on any atom is 0.0284 e. The van der Waals surface area contributed by atoms with E-state index in [-0.39, 0.29) is 0 Å². The molecule has 1 aromatic rings. The van der Waals surface area contributed by atoms with Crippen molar-refractivity contribution >= 4 is 6.21 Å². The van der Waals surface area contributed by atoms with E-state index in [1.807, 2.05) is 13.3 Å². The second-order valence-corrected chi connectivity index (χ2v) is 5.42. The minimum absolute atomic E-state index is 0.730. The molecule has 0 unspecified atom stereocenters. The summed E-state index contributed by atoms with van der Waals surface area (Å²) in [5.41, 5.74) is 5.72. The molecule has 0 aliphatic heterocycles. The zero-order valence-electron chi connectivity index (χ0n) is 13.3. The van der Waals surface area contributed by atoms with Gasteiger partial charge in [0.15, 0.2) is 0 Å². The minimum atomic E-state index is 0.730. The molecule has 1 heteroatoms. The first-order valence-electron chi connectivity index (χ1n) is 7.73. The molecule has 0 saturated heterocycles. The highest BCUT2D eigenvalue weighted by molar-refractivity contribution is 5.82. The van der Waals surface area contributed by atoms with Crippen LogP contribution in [0.25, 0.3) is 0 Å². The molecule has 0 saturated carbocycles. The quantitative estimate of drug-likeness (QED) is 0.590. The summed E-state index contributed by atoms with van der Waals surface area (Å²) in [7, 11) is 1.85. The van der Waals surface area contributed by atoms with Gasteiger partial charge in [-0.1, -0.05) is 39.7 Å². The van der Waals surface area contributed by atoms with Crippen LogP contribution in [0.4, 0.5) is 0 Å². The smallest absolute Gasteiger partial charge is 0.0284 e. The summed E-state index contributed by atoms with van der Waals surface area (Å²) < 4.78 is 0. The molecule has 106 valence electrons. The fourth-order valence-corrected chi connectivity index (χ4v) is 2.95. The van der Waals surface area contributed by atoms with Crippen LogP contribution in [0.3, 0.4) is 0 Å². The van der Waals surface area contributed by atoms with Gasteiger partial charge in [-0.15, -0.1) is 0 Å². The van der Waals surface area contributed by atoms with Crippen LogP contribution in [0.2, 0.25) is 0 Å². The summed E-state index contributed by atoms with van der Waals surface area (Å²) in [6, 6.07) is 4.75. The number of hydrogen-bond acceptors (Lipinski definition) is 1. The molecule has 1 rings (SSSR count). The van der Waals surface area contributed by atoms with Crippen LogP contribution in [-0.2, 0) is 6.42 Å². The van der Waals surface area contributed by atoms with Crippen LogP contribution in [0.1, 0.15) is 74.6 Å². The first kappa shape index (κ1) is 15.9. The largest absolute Gasteiger partial charge is 0.296 e. The molecule has 0 radical (unpaired) electrons. The third-order valence-corrected chi connectivity index (χ3v) is 3.89. The average molecular weight is 259 g/mol. The number of nitrogens with zero attached hydrogens (tertiary/aromatic N) is 1. The molecule has 0 fully saturated rings. The van der Waals surface area contributed by atoms with Gasteiger partial charge in [-0.2, -0.15) is 0 Å². The second kappa shape index (κ2) is 8.14. The lowest BCUT2D eigenvalue weighted by Gasteiger charge is -2.20. The molecule has 1 nitrogen and oxygen atoms in total. The Hall–Kier alpha value is -1.11. The van der Waals surface area contributed by atoms with Crippen molar-refractivity contribution in [2.45, 2.75) is 65.7 Å². The fraction of sp³-hybridized carbons (Fsp3) is 0.611. The lowest BCUT2D eigenvalue weighted by atomic mass is 9.85. The highest BCUT2D eigenvalue weighted by Gasteiger charge is 2.14. The highest BCUT2D eigenvalue weighted by atomic mass is 14.6. The lowest BCUT2D eigenvalue weighted by molar-refractivity contribution is 0.558. The van der Waals surface area contributed by atoms with E-state index in [0.717, 1.165) is 12.3 Å². The topological polar surface area (TPSA) is 12.4 Å². The second-order valence-electron chi connectivity index (χ2n) is 5.42. The van der Waals surface area contributed by atoms with E-state index in [0.29, 0.717) is 0 Å². The molecular formula is C18H29N. The summed E-state index contributed by atoms with van der Waals surface area (Å²) in [5.74, 6) is 0.730. The molecule has 0 aliphatic carbocycles. The van der Waals surface area contributed by atoms with Gasteiger partial charge in [-0.05, 0) is 60.4 Å². The van der Waals surface area contributed by atoms with Gasteiger partial charge >= 0.3 is 0 Å². The SMILES string of the molecule is CCCC(CCC)c1cc(CC)c(C=NC)cc1C. The minimum Gasteiger partial charge on any atom is -0.296 e. The molecule has 0 aromatic heterocycles. The molecule has 1 aromatic carbocycles. The Bertz CT molecular complexity index is 412. The van der Waals surface area contributed by atoms with Crippen molar-refractivity contribution in [3.8, 4) is 0 Å². The molecule has 0 spiro atoms. The molecule has 0 amide bonds. The van der Waals surface area contributed by atoms with E-state index >= 15 is 0 Å². The van der Waals surface area contributed by atoms with Crippen LogP contribution in [0.15, 0.2) is 17.1 Å². The summed E-state index contributed by atoms with van der Waals surface area (Å²) in [4.78, 5) is 4.18. The van der Waals surface area contributed by atoms with Gasteiger partial charge in [0.25, 0.3) is 0 Å². The van der Waals surface area contributed by atoms with Crippen LogP contribution in [0.5, 0.6) is 0 Å². The van der Waals surface area contributed by atoms with Gasteiger partial charge in [0.2, 0.25) is 0 Å². The maximum absolute atomic E-state index is 4.18. The first-order chi connectivity index (χ1) is 9.17. The molecule has 19 heavy (non-hydrogen) atoms. The van der Waals surface area contributed by atoms with Gasteiger partial charge in [-0.25, -0.2) is 0 Å². The van der Waals surface area contributed by atoms with Crippen LogP contribution < -0.4 is 0 Å². The molecular weight excluding hydrogens is 230 g/mol. The van der Waals surface area contributed by atoms with Gasteiger partial charge in [0.1, 0.15) is 0 Å². The monoisotopic (exact) mass is 259 g/mol. The summed E-state index contributed by atoms with van der Waals surface area (Å²) >= 11 is 0. The van der Waals surface area contributed by atoms with Crippen molar-refractivity contribution in [1.29, 1.82) is 0 Å². The van der Waals surface area contributed by atoms with Crippen molar-refractivity contribution in [3.63, 3.8) is 0 Å². The Kier molecular flexibility index (Phi) is 6.83. The maximum atomic E-state index is 4.18. The number of aryl methyl sites for hydroxylation is 2. The van der Waals surface area contributed by atoms with Crippen molar-refractivity contribution in [2.24, 2.45) is 4.99 Å². The van der Waals surface area contributed by atoms with E-state index in [1.54, 1.807) is 5.56 Å². The van der Waals surface area contributed by atoms with E-state index in [1.165, 1.54) is 42.4 Å². The van der Waals surface area contributed by atoms with Crippen molar-refractivity contribution < 1.29 is 0 Å². The highest BCUT2D eigenvalue weighted by Crippen LogP contribution is 2.30. The number of hydrogen-bond donors (Lipinski definition) is 0. The van der Waals surface area contributed by atoms with Crippen LogP contribution >= 0.6 is 0 Å². The lowest BCUT2D eigenvalue weighted by Crippen LogP contribution is -2.04. The van der Waals surface area contributed by atoms with Crippen LogP contribution in [-0.4, -0.2) is 13.3 Å². The van der Waals surface area contributed by atoms with Crippen LogP contribution in [0, 0.1) is 6.92 Å². The third-order valence-electron chi connectivity index (χ3n) is 3.89. The normalized spacial score (nSPS) is 11.7. The van der Waals surface area contributed by atoms with Gasteiger partial charge in [-0.3, -0.25) is 4.99 Å². The van der Waals surface area contributed by atoms with Gasteiger partial charge in [0.05, 0.1) is 0 Å². The predicted octanol–water partition coefficient (Wildman–Crippen LogP) is 5.29. The third kappa shape index (κ3) is 4.19. The molecule has 0 bridgehead atoms.